The largest absolute Gasteiger partial charge is 0.300 e. The normalized spacial score (nSPS) is 11.3. The van der Waals surface area contributed by atoms with Gasteiger partial charge >= 0.3 is 0 Å². The number of thiophene rings is 1. The highest BCUT2D eigenvalue weighted by Crippen LogP contribution is 2.36. The van der Waals surface area contributed by atoms with Crippen molar-refractivity contribution >= 4 is 55.9 Å². The van der Waals surface area contributed by atoms with Crippen molar-refractivity contribution in [2.24, 2.45) is 0 Å². The standard InChI is InChI=1S/C9H5Cl2N3O4S2/c10-7-3-5(1-2-12-7)13-20(17,18)8-4-6(14(15)16)9(11)19-8/h1-4H,(H,12,13). The SMILES string of the molecule is O=[N+]([O-])c1cc(S(=O)(=O)Nc2ccnc(Cl)c2)sc1Cl. The third kappa shape index (κ3) is 3.18. The zero-order valence-corrected chi connectivity index (χ0v) is 12.6. The molecule has 2 heterocycles. The number of aromatic nitrogens is 1. The molecule has 0 aromatic carbocycles. The summed E-state index contributed by atoms with van der Waals surface area (Å²) in [6.45, 7) is 0. The van der Waals surface area contributed by atoms with E-state index in [0.29, 0.717) is 11.3 Å². The Kier molecular flexibility index (Phi) is 4.14. The lowest BCUT2D eigenvalue weighted by atomic mass is 10.4. The van der Waals surface area contributed by atoms with Gasteiger partial charge in [-0.1, -0.05) is 23.2 Å². The van der Waals surface area contributed by atoms with E-state index in [0.717, 1.165) is 6.07 Å². The molecule has 7 nitrogen and oxygen atoms in total. The fourth-order valence-electron chi connectivity index (χ4n) is 1.27. The molecule has 0 saturated heterocycles. The quantitative estimate of drug-likeness (QED) is 0.516. The van der Waals surface area contributed by atoms with Gasteiger partial charge in [-0.2, -0.15) is 0 Å². The van der Waals surface area contributed by atoms with E-state index in [4.69, 9.17) is 23.2 Å². The summed E-state index contributed by atoms with van der Waals surface area (Å²) < 4.78 is 25.9. The summed E-state index contributed by atoms with van der Waals surface area (Å²) in [7, 11) is -3.97. The molecule has 2 rings (SSSR count). The van der Waals surface area contributed by atoms with Gasteiger partial charge in [-0.25, -0.2) is 13.4 Å². The number of nitro groups is 1. The van der Waals surface area contributed by atoms with Crippen molar-refractivity contribution < 1.29 is 13.3 Å². The first-order chi connectivity index (χ1) is 9.29. The number of halogens is 2. The van der Waals surface area contributed by atoms with Crippen LogP contribution in [0.5, 0.6) is 0 Å². The lowest BCUT2D eigenvalue weighted by Crippen LogP contribution is -2.11. The first-order valence-electron chi connectivity index (χ1n) is 4.88. The molecule has 0 bridgehead atoms. The number of hydrogen-bond donors (Lipinski definition) is 1. The summed E-state index contributed by atoms with van der Waals surface area (Å²) in [6.07, 6.45) is 1.32. The summed E-state index contributed by atoms with van der Waals surface area (Å²) in [5.41, 5.74) is -0.262. The lowest BCUT2D eigenvalue weighted by Gasteiger charge is -2.05. The average molecular weight is 354 g/mol. The van der Waals surface area contributed by atoms with Gasteiger partial charge < -0.3 is 0 Å². The van der Waals surface area contributed by atoms with Gasteiger partial charge in [0.1, 0.15) is 9.36 Å². The molecular weight excluding hydrogens is 349 g/mol. The molecule has 2 aromatic rings. The Morgan fingerprint density at radius 1 is 1.35 bits per heavy atom. The van der Waals surface area contributed by atoms with Gasteiger partial charge in [0.25, 0.3) is 15.7 Å². The first-order valence-corrected chi connectivity index (χ1v) is 7.93. The maximum atomic E-state index is 12.1. The lowest BCUT2D eigenvalue weighted by molar-refractivity contribution is -0.384. The molecule has 0 amide bonds. The van der Waals surface area contributed by atoms with Crippen molar-refractivity contribution in [3.8, 4) is 0 Å². The molecular formula is C9H5Cl2N3O4S2. The molecule has 2 aromatic heterocycles. The molecule has 11 heteroatoms. The molecule has 0 aliphatic heterocycles. The summed E-state index contributed by atoms with van der Waals surface area (Å²) >= 11 is 11.9. The van der Waals surface area contributed by atoms with Crippen LogP contribution in [0, 0.1) is 10.1 Å². The Morgan fingerprint density at radius 2 is 2.05 bits per heavy atom. The monoisotopic (exact) mass is 353 g/mol. The molecule has 0 aliphatic rings. The Morgan fingerprint density at radius 3 is 2.60 bits per heavy atom. The van der Waals surface area contributed by atoms with E-state index < -0.39 is 20.6 Å². The molecule has 0 spiro atoms. The molecule has 0 saturated carbocycles. The van der Waals surface area contributed by atoms with Crippen LogP contribution in [0.3, 0.4) is 0 Å². The minimum absolute atomic E-state index is 0.111. The van der Waals surface area contributed by atoms with E-state index in [2.05, 4.69) is 9.71 Å². The molecule has 0 aliphatic carbocycles. The van der Waals surface area contributed by atoms with Crippen molar-refractivity contribution in [3.63, 3.8) is 0 Å². The third-order valence-electron chi connectivity index (χ3n) is 2.09. The van der Waals surface area contributed by atoms with Crippen molar-refractivity contribution in [1.29, 1.82) is 0 Å². The van der Waals surface area contributed by atoms with Crippen LogP contribution in [0.1, 0.15) is 0 Å². The van der Waals surface area contributed by atoms with Crippen LogP contribution >= 0.6 is 34.5 Å². The second-order valence-electron chi connectivity index (χ2n) is 3.45. The maximum Gasteiger partial charge on any atom is 0.300 e. The van der Waals surface area contributed by atoms with Gasteiger partial charge in [0.15, 0.2) is 4.34 Å². The number of nitrogens with zero attached hydrogens (tertiary/aromatic N) is 2. The van der Waals surface area contributed by atoms with Gasteiger partial charge in [-0.3, -0.25) is 14.8 Å². The van der Waals surface area contributed by atoms with Gasteiger partial charge in [0.2, 0.25) is 0 Å². The van der Waals surface area contributed by atoms with E-state index in [1.54, 1.807) is 0 Å². The van der Waals surface area contributed by atoms with Gasteiger partial charge in [0.05, 0.1) is 10.6 Å². The van der Waals surface area contributed by atoms with Crippen LogP contribution in [-0.4, -0.2) is 18.3 Å². The molecule has 0 radical (unpaired) electrons. The number of sulfonamides is 1. The second kappa shape index (κ2) is 5.52. The Hall–Kier alpha value is -1.42. The van der Waals surface area contributed by atoms with Crippen LogP contribution in [0.4, 0.5) is 11.4 Å². The molecule has 106 valence electrons. The zero-order chi connectivity index (χ0) is 14.9. The Bertz CT molecular complexity index is 775. The van der Waals surface area contributed by atoms with Gasteiger partial charge in [-0.15, -0.1) is 11.3 Å². The minimum atomic E-state index is -3.97. The predicted octanol–water partition coefficient (Wildman–Crippen LogP) is 3.16. The highest BCUT2D eigenvalue weighted by atomic mass is 35.5. The van der Waals surface area contributed by atoms with Crippen molar-refractivity contribution in [2.45, 2.75) is 4.21 Å². The second-order valence-corrected chi connectivity index (χ2v) is 7.40. The summed E-state index contributed by atoms with van der Waals surface area (Å²) in [5, 5.41) is 10.8. The molecule has 0 fully saturated rings. The number of anilines is 1. The van der Waals surface area contributed by atoms with Crippen molar-refractivity contribution in [3.05, 3.63) is 44.0 Å². The number of hydrogen-bond acceptors (Lipinski definition) is 6. The van der Waals surface area contributed by atoms with Crippen molar-refractivity contribution in [1.82, 2.24) is 4.98 Å². The van der Waals surface area contributed by atoms with Crippen LogP contribution in [0.15, 0.2) is 28.6 Å². The average Bonchev–Trinajstić information content (AvgIpc) is 2.71. The summed E-state index contributed by atoms with van der Waals surface area (Å²) in [4.78, 5) is 13.6. The van der Waals surface area contributed by atoms with Crippen LogP contribution in [-0.2, 0) is 10.0 Å². The number of pyridine rings is 1. The third-order valence-corrected chi connectivity index (χ3v) is 5.49. The van der Waals surface area contributed by atoms with Crippen LogP contribution < -0.4 is 4.72 Å². The molecule has 20 heavy (non-hydrogen) atoms. The molecule has 0 atom stereocenters. The molecule has 0 unspecified atom stereocenters. The smallest absolute Gasteiger partial charge is 0.279 e. The molecule has 1 N–H and O–H groups in total. The summed E-state index contributed by atoms with van der Waals surface area (Å²) in [6, 6.07) is 3.61. The first kappa shape index (κ1) is 15.0. The Labute approximate surface area is 127 Å². The van der Waals surface area contributed by atoms with Gasteiger partial charge in [0, 0.05) is 12.3 Å². The van der Waals surface area contributed by atoms with E-state index >= 15 is 0 Å². The Balaban J connectivity index is 2.36. The minimum Gasteiger partial charge on any atom is -0.279 e. The number of nitrogens with one attached hydrogen (secondary N) is 1. The maximum absolute atomic E-state index is 12.1. The fourth-order valence-corrected chi connectivity index (χ4v) is 4.15. The zero-order valence-electron chi connectivity index (χ0n) is 9.41. The fraction of sp³-hybridized carbons (Fsp3) is 0. The predicted molar refractivity (Wildman–Crippen MR) is 76.0 cm³/mol. The van der Waals surface area contributed by atoms with E-state index in [1.807, 2.05) is 0 Å². The van der Waals surface area contributed by atoms with Crippen LogP contribution in [0.2, 0.25) is 9.49 Å². The van der Waals surface area contributed by atoms with E-state index in [1.165, 1.54) is 18.3 Å². The highest BCUT2D eigenvalue weighted by molar-refractivity contribution is 7.94. The summed E-state index contributed by atoms with van der Waals surface area (Å²) in [5.74, 6) is 0. The highest BCUT2D eigenvalue weighted by Gasteiger charge is 2.25. The van der Waals surface area contributed by atoms with Crippen LogP contribution in [0.25, 0.3) is 0 Å². The number of rotatable bonds is 4. The van der Waals surface area contributed by atoms with E-state index in [-0.39, 0.29) is 19.4 Å². The van der Waals surface area contributed by atoms with E-state index in [9.17, 15) is 18.5 Å². The topological polar surface area (TPSA) is 102 Å². The van der Waals surface area contributed by atoms with Crippen molar-refractivity contribution in [2.75, 3.05) is 4.72 Å². The van der Waals surface area contributed by atoms with Gasteiger partial charge in [-0.05, 0) is 12.1 Å².